The lowest BCUT2D eigenvalue weighted by atomic mass is 9.71. The highest BCUT2D eigenvalue weighted by Crippen LogP contribution is 2.37. The van der Waals surface area contributed by atoms with E-state index in [1.165, 1.54) is 6.07 Å². The van der Waals surface area contributed by atoms with Crippen molar-refractivity contribution in [2.24, 2.45) is 11.7 Å². The summed E-state index contributed by atoms with van der Waals surface area (Å²) in [5.41, 5.74) is 5.17. The first-order valence-electron chi connectivity index (χ1n) is 10.2. The third kappa shape index (κ3) is 6.01. The number of nitrogens with one attached hydrogen (secondary N) is 2. The van der Waals surface area contributed by atoms with Gasteiger partial charge in [-0.15, -0.1) is 0 Å². The van der Waals surface area contributed by atoms with E-state index >= 15 is 0 Å². The summed E-state index contributed by atoms with van der Waals surface area (Å²) in [7, 11) is 0. The largest absolute Gasteiger partial charge is 0.368 e. The van der Waals surface area contributed by atoms with Gasteiger partial charge in [-0.25, -0.2) is 4.39 Å². The molecule has 158 valence electrons. The minimum Gasteiger partial charge on any atom is -0.368 e. The monoisotopic (exact) mass is 457 g/mol. The number of carbonyl (C=O) groups excluding carboxylic acids is 2. The molecular formula is C21H33BrFN3O2. The second-order valence-corrected chi connectivity index (χ2v) is 7.69. The number of hydrogen-bond acceptors (Lipinski definition) is 3. The summed E-state index contributed by atoms with van der Waals surface area (Å²) in [6, 6.07) is 3.69. The predicted octanol–water partition coefficient (Wildman–Crippen LogP) is 3.69. The molecule has 2 saturated heterocycles. The van der Waals surface area contributed by atoms with E-state index < -0.39 is 23.3 Å². The summed E-state index contributed by atoms with van der Waals surface area (Å²) >= 11 is 3.20. The van der Waals surface area contributed by atoms with Crippen molar-refractivity contribution in [3.63, 3.8) is 0 Å². The molecule has 3 aliphatic rings. The van der Waals surface area contributed by atoms with Crippen LogP contribution in [0, 0.1) is 11.7 Å². The van der Waals surface area contributed by atoms with Gasteiger partial charge in [0.05, 0.1) is 5.54 Å². The number of carbonyl (C=O) groups is 2. The quantitative estimate of drug-likeness (QED) is 0.630. The van der Waals surface area contributed by atoms with Gasteiger partial charge in [0.1, 0.15) is 11.9 Å². The highest BCUT2D eigenvalue weighted by molar-refractivity contribution is 9.10. The fourth-order valence-electron chi connectivity index (χ4n) is 3.62. The standard InChI is InChI=1S/C17H21BrFN3O2.2C2H6/c18-12-2-1-11(13(19)8-12)7-14(15(20)23)22-16(24)17-5-3-10(4-6-17)9-21-17;2*1-2/h1-2,8,10,14,21H,3-7,9H2,(H2,20,23)(H,22,24);2*1-2H3/t10?,14-,17?;;/m0../s1. The van der Waals surface area contributed by atoms with E-state index in [2.05, 4.69) is 26.6 Å². The molecule has 0 spiro atoms. The van der Waals surface area contributed by atoms with Crippen molar-refractivity contribution in [1.29, 1.82) is 0 Å². The molecule has 5 nitrogen and oxygen atoms in total. The average Bonchev–Trinajstić information content (AvgIpc) is 2.73. The molecule has 0 aromatic heterocycles. The molecule has 2 bridgehead atoms. The molecule has 28 heavy (non-hydrogen) atoms. The first-order valence-corrected chi connectivity index (χ1v) is 11.0. The van der Waals surface area contributed by atoms with Gasteiger partial charge in [0.15, 0.2) is 0 Å². The Kier molecular flexibility index (Phi) is 10.1. The second-order valence-electron chi connectivity index (χ2n) is 6.77. The summed E-state index contributed by atoms with van der Waals surface area (Å²) in [6.07, 6.45) is 3.61. The molecule has 3 fully saturated rings. The van der Waals surface area contributed by atoms with Gasteiger partial charge in [0.25, 0.3) is 0 Å². The van der Waals surface area contributed by atoms with E-state index in [0.29, 0.717) is 16.0 Å². The van der Waals surface area contributed by atoms with Gasteiger partial charge in [-0.05, 0) is 55.8 Å². The number of hydrogen-bond donors (Lipinski definition) is 3. The van der Waals surface area contributed by atoms with Crippen LogP contribution in [-0.4, -0.2) is 29.9 Å². The van der Waals surface area contributed by atoms with Crippen molar-refractivity contribution in [3.8, 4) is 0 Å². The van der Waals surface area contributed by atoms with Gasteiger partial charge in [0, 0.05) is 10.9 Å². The lowest BCUT2D eigenvalue weighted by Gasteiger charge is -2.46. The Morgan fingerprint density at radius 3 is 2.36 bits per heavy atom. The maximum atomic E-state index is 14.0. The van der Waals surface area contributed by atoms with E-state index in [4.69, 9.17) is 5.73 Å². The molecule has 1 aromatic rings. The zero-order chi connectivity index (χ0) is 21.3. The van der Waals surface area contributed by atoms with E-state index in [-0.39, 0.29) is 12.3 Å². The number of benzene rings is 1. The fourth-order valence-corrected chi connectivity index (χ4v) is 3.96. The normalized spacial score (nSPS) is 23.4. The van der Waals surface area contributed by atoms with E-state index in [0.717, 1.165) is 32.2 Å². The molecule has 1 aliphatic carbocycles. The lowest BCUT2D eigenvalue weighted by molar-refractivity contribution is -0.134. The topological polar surface area (TPSA) is 84.2 Å². The SMILES string of the molecule is CC.CC.NC(=O)[C@H](Cc1ccc(Br)cc1F)NC(=O)C12CCC(CC1)CN2. The number of rotatable bonds is 5. The van der Waals surface area contributed by atoms with Gasteiger partial charge in [-0.3, -0.25) is 9.59 Å². The van der Waals surface area contributed by atoms with Crippen molar-refractivity contribution in [2.75, 3.05) is 6.54 Å². The first kappa shape index (κ1) is 24.6. The van der Waals surface area contributed by atoms with Gasteiger partial charge in [0.2, 0.25) is 11.8 Å². The van der Waals surface area contributed by atoms with Gasteiger partial charge in [-0.1, -0.05) is 49.7 Å². The Morgan fingerprint density at radius 1 is 1.29 bits per heavy atom. The van der Waals surface area contributed by atoms with E-state index in [9.17, 15) is 14.0 Å². The molecule has 0 radical (unpaired) electrons. The number of amides is 2. The number of piperidine rings is 2. The van der Waals surface area contributed by atoms with Crippen molar-refractivity contribution >= 4 is 27.7 Å². The zero-order valence-electron chi connectivity index (χ0n) is 17.3. The van der Waals surface area contributed by atoms with Crippen LogP contribution in [0.1, 0.15) is 58.9 Å². The molecule has 2 aliphatic heterocycles. The van der Waals surface area contributed by atoms with Crippen LogP contribution in [0.25, 0.3) is 0 Å². The molecular weight excluding hydrogens is 425 g/mol. The molecule has 1 aromatic carbocycles. The minimum absolute atomic E-state index is 0.0406. The number of nitrogens with two attached hydrogens (primary N) is 1. The summed E-state index contributed by atoms with van der Waals surface area (Å²) in [5.74, 6) is -0.656. The lowest BCUT2D eigenvalue weighted by Crippen LogP contribution is -2.65. The Morgan fingerprint density at radius 2 is 1.89 bits per heavy atom. The van der Waals surface area contributed by atoms with Crippen LogP contribution in [-0.2, 0) is 16.0 Å². The van der Waals surface area contributed by atoms with Crippen LogP contribution < -0.4 is 16.4 Å². The van der Waals surface area contributed by atoms with Crippen molar-refractivity contribution in [2.45, 2.75) is 71.4 Å². The van der Waals surface area contributed by atoms with Crippen molar-refractivity contribution in [3.05, 3.63) is 34.1 Å². The summed E-state index contributed by atoms with van der Waals surface area (Å²) < 4.78 is 14.6. The van der Waals surface area contributed by atoms with Crippen molar-refractivity contribution < 1.29 is 14.0 Å². The molecule has 7 heteroatoms. The molecule has 2 amide bonds. The minimum atomic E-state index is -0.927. The van der Waals surface area contributed by atoms with Crippen LogP contribution in [0.4, 0.5) is 4.39 Å². The Labute approximate surface area is 176 Å². The van der Waals surface area contributed by atoms with Crippen LogP contribution in [0.15, 0.2) is 22.7 Å². The fraction of sp³-hybridized carbons (Fsp3) is 0.619. The summed E-state index contributed by atoms with van der Waals surface area (Å²) in [5, 5.41) is 6.05. The highest BCUT2D eigenvalue weighted by Gasteiger charge is 2.46. The van der Waals surface area contributed by atoms with Crippen molar-refractivity contribution in [1.82, 2.24) is 10.6 Å². The highest BCUT2D eigenvalue weighted by atomic mass is 79.9. The van der Waals surface area contributed by atoms with Gasteiger partial charge < -0.3 is 16.4 Å². The third-order valence-electron chi connectivity index (χ3n) is 5.21. The summed E-state index contributed by atoms with van der Waals surface area (Å²) in [4.78, 5) is 24.5. The predicted molar refractivity (Wildman–Crippen MR) is 114 cm³/mol. The second kappa shape index (κ2) is 11.5. The third-order valence-corrected chi connectivity index (χ3v) is 5.70. The molecule has 4 rings (SSSR count). The Bertz CT molecular complexity index is 647. The smallest absolute Gasteiger partial charge is 0.240 e. The van der Waals surface area contributed by atoms with Crippen LogP contribution in [0.5, 0.6) is 0 Å². The van der Waals surface area contributed by atoms with Gasteiger partial charge in [-0.2, -0.15) is 0 Å². The first-order chi connectivity index (χ1) is 13.4. The van der Waals surface area contributed by atoms with Crippen LogP contribution in [0.3, 0.4) is 0 Å². The molecule has 4 N–H and O–H groups in total. The Balaban J connectivity index is 0.000000921. The number of primary amides is 1. The van der Waals surface area contributed by atoms with Gasteiger partial charge >= 0.3 is 0 Å². The summed E-state index contributed by atoms with van der Waals surface area (Å²) in [6.45, 7) is 8.83. The van der Waals surface area contributed by atoms with E-state index in [1.54, 1.807) is 12.1 Å². The molecule has 0 unspecified atom stereocenters. The molecule has 2 heterocycles. The maximum absolute atomic E-state index is 14.0. The zero-order valence-corrected chi connectivity index (χ0v) is 18.9. The number of fused-ring (bicyclic) bond motifs is 3. The average molecular weight is 458 g/mol. The molecule has 1 saturated carbocycles. The van der Waals surface area contributed by atoms with Crippen LogP contribution >= 0.6 is 15.9 Å². The molecule has 1 atom stereocenters. The van der Waals surface area contributed by atoms with E-state index in [1.807, 2.05) is 27.7 Å². The van der Waals surface area contributed by atoms with Crippen LogP contribution in [0.2, 0.25) is 0 Å². The maximum Gasteiger partial charge on any atom is 0.240 e. The Hall–Kier alpha value is -1.47. The number of halogens is 2.